The normalized spacial score (nSPS) is 17.5. The number of hydrogen-bond acceptors (Lipinski definition) is 4. The molecule has 2 heterocycles. The summed E-state index contributed by atoms with van der Waals surface area (Å²) in [5.41, 5.74) is 7.27. The Morgan fingerprint density at radius 2 is 2.13 bits per heavy atom. The molecule has 1 aromatic heterocycles. The molecule has 1 aliphatic heterocycles. The third-order valence-corrected chi connectivity index (χ3v) is 4.18. The number of hydrogen-bond donors (Lipinski definition) is 1. The monoisotopic (exact) mass is 314 g/mol. The van der Waals surface area contributed by atoms with Crippen molar-refractivity contribution in [1.29, 1.82) is 0 Å². The molecular formula is C17H19FN4O. The van der Waals surface area contributed by atoms with Gasteiger partial charge in [0.2, 0.25) is 0 Å². The molecule has 0 saturated carbocycles. The molecule has 2 aromatic rings. The van der Waals surface area contributed by atoms with Crippen molar-refractivity contribution >= 4 is 11.7 Å². The fraction of sp³-hybridized carbons (Fsp3) is 0.353. The summed E-state index contributed by atoms with van der Waals surface area (Å²) in [6.45, 7) is 3.10. The predicted molar refractivity (Wildman–Crippen MR) is 85.3 cm³/mol. The maximum Gasteiger partial charge on any atom is 0.259 e. The molecule has 3 rings (SSSR count). The summed E-state index contributed by atoms with van der Waals surface area (Å²) in [5, 5.41) is 0. The summed E-state index contributed by atoms with van der Waals surface area (Å²) in [7, 11) is 0. The van der Waals surface area contributed by atoms with Crippen LogP contribution in [0, 0.1) is 18.7 Å². The van der Waals surface area contributed by atoms with E-state index in [0.717, 1.165) is 18.4 Å². The molecule has 1 fully saturated rings. The van der Waals surface area contributed by atoms with E-state index in [-0.39, 0.29) is 17.5 Å². The van der Waals surface area contributed by atoms with Gasteiger partial charge in [-0.3, -0.25) is 4.79 Å². The summed E-state index contributed by atoms with van der Waals surface area (Å²) >= 11 is 0. The molecule has 5 nitrogen and oxygen atoms in total. The van der Waals surface area contributed by atoms with E-state index in [2.05, 4.69) is 9.97 Å². The fourth-order valence-electron chi connectivity index (χ4n) is 2.96. The number of anilines is 1. The quantitative estimate of drug-likeness (QED) is 0.943. The van der Waals surface area contributed by atoms with Gasteiger partial charge in [0, 0.05) is 19.3 Å². The molecule has 0 radical (unpaired) electrons. The van der Waals surface area contributed by atoms with Gasteiger partial charge in [0.25, 0.3) is 5.91 Å². The molecule has 0 spiro atoms. The number of nitrogens with two attached hydrogens (primary N) is 1. The van der Waals surface area contributed by atoms with Gasteiger partial charge in [-0.15, -0.1) is 0 Å². The number of nitrogen functional groups attached to an aromatic ring is 1. The highest BCUT2D eigenvalue weighted by atomic mass is 19.1. The van der Waals surface area contributed by atoms with Gasteiger partial charge in [-0.2, -0.15) is 0 Å². The average Bonchev–Trinajstić information content (AvgIpc) is 2.97. The lowest BCUT2D eigenvalue weighted by atomic mass is 9.99. The molecular weight excluding hydrogens is 295 g/mol. The first-order valence-corrected chi connectivity index (χ1v) is 7.66. The number of nitrogens with zero attached hydrogens (tertiary/aromatic N) is 3. The zero-order valence-electron chi connectivity index (χ0n) is 13.0. The molecule has 1 saturated heterocycles. The Hall–Kier alpha value is -2.50. The second kappa shape index (κ2) is 6.32. The van der Waals surface area contributed by atoms with Crippen LogP contribution >= 0.6 is 0 Å². The minimum absolute atomic E-state index is 0.121. The largest absolute Gasteiger partial charge is 0.383 e. The molecule has 120 valence electrons. The van der Waals surface area contributed by atoms with E-state index in [1.54, 1.807) is 24.0 Å². The van der Waals surface area contributed by atoms with Crippen molar-refractivity contribution < 1.29 is 9.18 Å². The Bertz CT molecular complexity index is 717. The van der Waals surface area contributed by atoms with E-state index in [4.69, 9.17) is 5.73 Å². The van der Waals surface area contributed by atoms with Crippen LogP contribution in [0.4, 0.5) is 10.2 Å². The fourth-order valence-corrected chi connectivity index (χ4v) is 2.96. The third-order valence-electron chi connectivity index (χ3n) is 4.18. The van der Waals surface area contributed by atoms with Crippen molar-refractivity contribution in [2.24, 2.45) is 5.92 Å². The van der Waals surface area contributed by atoms with Crippen molar-refractivity contribution in [2.75, 3.05) is 18.8 Å². The highest BCUT2D eigenvalue weighted by molar-refractivity contribution is 5.98. The Kier molecular flexibility index (Phi) is 4.23. The molecule has 1 aliphatic rings. The molecule has 2 N–H and O–H groups in total. The van der Waals surface area contributed by atoms with Crippen LogP contribution in [0.5, 0.6) is 0 Å². The van der Waals surface area contributed by atoms with E-state index >= 15 is 0 Å². The third kappa shape index (κ3) is 3.47. The van der Waals surface area contributed by atoms with Gasteiger partial charge in [-0.05, 0) is 43.4 Å². The van der Waals surface area contributed by atoms with E-state index in [0.29, 0.717) is 30.4 Å². The number of aromatic nitrogens is 2. The SMILES string of the molecule is Cc1ncc(C(=O)N2CCC(Cc3ccc(F)cc3)C2)c(N)n1. The van der Waals surface area contributed by atoms with Crippen molar-refractivity contribution in [3.63, 3.8) is 0 Å². The number of rotatable bonds is 3. The van der Waals surface area contributed by atoms with Crippen molar-refractivity contribution in [3.05, 3.63) is 53.2 Å². The van der Waals surface area contributed by atoms with Gasteiger partial charge in [0.05, 0.1) is 0 Å². The minimum Gasteiger partial charge on any atom is -0.383 e. The zero-order valence-corrected chi connectivity index (χ0v) is 13.0. The van der Waals surface area contributed by atoms with Crippen LogP contribution in [0.15, 0.2) is 30.5 Å². The Labute approximate surface area is 134 Å². The second-order valence-electron chi connectivity index (χ2n) is 5.95. The lowest BCUT2D eigenvalue weighted by Gasteiger charge is -2.17. The Morgan fingerprint density at radius 1 is 1.39 bits per heavy atom. The van der Waals surface area contributed by atoms with E-state index < -0.39 is 0 Å². The van der Waals surface area contributed by atoms with Gasteiger partial charge < -0.3 is 10.6 Å². The standard InChI is InChI=1S/C17H19FN4O/c1-11-20-9-15(16(19)21-11)17(23)22-7-6-13(10-22)8-12-2-4-14(18)5-3-12/h2-5,9,13H,6-8,10H2,1H3,(H2,19,20,21). The molecule has 1 aromatic carbocycles. The van der Waals surface area contributed by atoms with Gasteiger partial charge >= 0.3 is 0 Å². The van der Waals surface area contributed by atoms with Crippen molar-refractivity contribution in [1.82, 2.24) is 14.9 Å². The summed E-state index contributed by atoms with van der Waals surface area (Å²) < 4.78 is 12.9. The highest BCUT2D eigenvalue weighted by Gasteiger charge is 2.28. The Balaban J connectivity index is 1.65. The number of benzene rings is 1. The molecule has 0 bridgehead atoms. The van der Waals surface area contributed by atoms with Gasteiger partial charge in [0.15, 0.2) is 0 Å². The average molecular weight is 314 g/mol. The first kappa shape index (κ1) is 15.4. The van der Waals surface area contributed by atoms with Gasteiger partial charge in [-0.1, -0.05) is 12.1 Å². The molecule has 0 aliphatic carbocycles. The van der Waals surface area contributed by atoms with Crippen LogP contribution in [-0.4, -0.2) is 33.9 Å². The molecule has 1 atom stereocenters. The van der Waals surface area contributed by atoms with Crippen LogP contribution in [0.3, 0.4) is 0 Å². The topological polar surface area (TPSA) is 72.1 Å². The number of aryl methyl sites for hydroxylation is 1. The molecule has 1 amide bonds. The van der Waals surface area contributed by atoms with Gasteiger partial charge in [0.1, 0.15) is 23.0 Å². The van der Waals surface area contributed by atoms with Crippen LogP contribution in [-0.2, 0) is 6.42 Å². The lowest BCUT2D eigenvalue weighted by Crippen LogP contribution is -2.30. The second-order valence-corrected chi connectivity index (χ2v) is 5.95. The van der Waals surface area contributed by atoms with Crippen LogP contribution in [0.25, 0.3) is 0 Å². The number of carbonyl (C=O) groups is 1. The molecule has 23 heavy (non-hydrogen) atoms. The highest BCUT2D eigenvalue weighted by Crippen LogP contribution is 2.23. The first-order valence-electron chi connectivity index (χ1n) is 7.66. The van der Waals surface area contributed by atoms with Crippen LogP contribution in [0.2, 0.25) is 0 Å². The van der Waals surface area contributed by atoms with Gasteiger partial charge in [-0.25, -0.2) is 14.4 Å². The number of carbonyl (C=O) groups excluding carboxylic acids is 1. The van der Waals surface area contributed by atoms with Crippen molar-refractivity contribution in [2.45, 2.75) is 19.8 Å². The number of likely N-dealkylation sites (tertiary alicyclic amines) is 1. The minimum atomic E-state index is -0.230. The van der Waals surface area contributed by atoms with Crippen LogP contribution in [0.1, 0.15) is 28.2 Å². The first-order chi connectivity index (χ1) is 11.0. The van der Waals surface area contributed by atoms with Crippen LogP contribution < -0.4 is 5.73 Å². The maximum absolute atomic E-state index is 12.9. The van der Waals surface area contributed by atoms with Crippen molar-refractivity contribution in [3.8, 4) is 0 Å². The number of amides is 1. The zero-order chi connectivity index (χ0) is 16.4. The Morgan fingerprint density at radius 3 is 2.83 bits per heavy atom. The molecule has 1 unspecified atom stereocenters. The number of halogens is 1. The predicted octanol–water partition coefficient (Wildman–Crippen LogP) is 2.21. The van der Waals surface area contributed by atoms with E-state index in [1.807, 2.05) is 0 Å². The summed E-state index contributed by atoms with van der Waals surface area (Å²) in [6, 6.07) is 6.53. The van der Waals surface area contributed by atoms with E-state index in [1.165, 1.54) is 18.3 Å². The smallest absolute Gasteiger partial charge is 0.259 e. The maximum atomic E-state index is 12.9. The summed E-state index contributed by atoms with van der Waals surface area (Å²) in [5.74, 6) is 0.798. The molecule has 6 heteroatoms. The van der Waals surface area contributed by atoms with E-state index in [9.17, 15) is 9.18 Å². The lowest BCUT2D eigenvalue weighted by molar-refractivity contribution is 0.0787. The summed E-state index contributed by atoms with van der Waals surface area (Å²) in [6.07, 6.45) is 3.26. The summed E-state index contributed by atoms with van der Waals surface area (Å²) in [4.78, 5) is 22.4.